The van der Waals surface area contributed by atoms with Crippen LogP contribution < -0.4 is 5.32 Å². The Hall–Kier alpha value is -2.00. The third kappa shape index (κ3) is 4.50. The highest BCUT2D eigenvalue weighted by Crippen LogP contribution is 2.20. The van der Waals surface area contributed by atoms with Gasteiger partial charge in [0, 0.05) is 18.6 Å². The maximum atomic E-state index is 11.8. The molecule has 0 aromatic carbocycles. The lowest BCUT2D eigenvalue weighted by molar-refractivity contribution is -0.113. The van der Waals surface area contributed by atoms with E-state index in [-0.39, 0.29) is 28.2 Å². The molecule has 0 atom stereocenters. The molecule has 0 aliphatic rings. The number of anilines is 1. The van der Waals surface area contributed by atoms with Crippen molar-refractivity contribution in [1.82, 2.24) is 15.0 Å². The summed E-state index contributed by atoms with van der Waals surface area (Å²) in [4.78, 5) is 34.5. The van der Waals surface area contributed by atoms with Gasteiger partial charge >= 0.3 is 5.97 Å². The first-order valence-corrected chi connectivity index (χ1v) is 7.42. The van der Waals surface area contributed by atoms with E-state index < -0.39 is 5.97 Å². The Morgan fingerprint density at radius 1 is 1.29 bits per heavy atom. The lowest BCUT2D eigenvalue weighted by atomic mass is 10.3. The van der Waals surface area contributed by atoms with Crippen LogP contribution in [0.15, 0.2) is 40.2 Å². The summed E-state index contributed by atoms with van der Waals surface area (Å²) in [5.41, 5.74) is 0.0650. The van der Waals surface area contributed by atoms with E-state index in [1.165, 1.54) is 30.7 Å². The minimum Gasteiger partial charge on any atom is -0.478 e. The maximum Gasteiger partial charge on any atom is 0.338 e. The van der Waals surface area contributed by atoms with Crippen molar-refractivity contribution in [2.75, 3.05) is 11.1 Å². The molecule has 2 aromatic rings. The van der Waals surface area contributed by atoms with Crippen LogP contribution in [0.4, 0.5) is 5.95 Å². The highest BCUT2D eigenvalue weighted by molar-refractivity contribution is 9.10. The normalized spacial score (nSPS) is 10.1. The molecule has 0 aliphatic heterocycles. The van der Waals surface area contributed by atoms with Gasteiger partial charge in [-0.15, -0.1) is 0 Å². The van der Waals surface area contributed by atoms with Crippen LogP contribution in [0.5, 0.6) is 0 Å². The van der Waals surface area contributed by atoms with Gasteiger partial charge < -0.3 is 5.11 Å². The zero-order valence-electron chi connectivity index (χ0n) is 10.5. The number of carbonyl (C=O) groups excluding carboxylic acids is 1. The van der Waals surface area contributed by atoms with E-state index >= 15 is 0 Å². The Kier molecular flexibility index (Phi) is 5.23. The van der Waals surface area contributed by atoms with Crippen LogP contribution in [-0.2, 0) is 4.79 Å². The Morgan fingerprint density at radius 3 is 2.67 bits per heavy atom. The van der Waals surface area contributed by atoms with Gasteiger partial charge in [-0.1, -0.05) is 11.8 Å². The summed E-state index contributed by atoms with van der Waals surface area (Å²) in [5, 5.41) is 11.8. The Morgan fingerprint density at radius 2 is 2.00 bits per heavy atom. The highest BCUT2D eigenvalue weighted by atomic mass is 79.9. The zero-order valence-corrected chi connectivity index (χ0v) is 12.9. The van der Waals surface area contributed by atoms with Crippen molar-refractivity contribution in [3.05, 3.63) is 40.8 Å². The fourth-order valence-electron chi connectivity index (χ4n) is 1.34. The van der Waals surface area contributed by atoms with Crippen LogP contribution in [0.25, 0.3) is 0 Å². The summed E-state index contributed by atoms with van der Waals surface area (Å²) < 4.78 is 0.703. The highest BCUT2D eigenvalue weighted by Gasteiger charge is 2.13. The van der Waals surface area contributed by atoms with Gasteiger partial charge in [-0.2, -0.15) is 0 Å². The maximum absolute atomic E-state index is 11.8. The summed E-state index contributed by atoms with van der Waals surface area (Å²) in [6, 6.07) is 2.97. The molecule has 2 heterocycles. The molecule has 0 bridgehead atoms. The SMILES string of the molecule is O=C(CSc1ncccc1C(=O)O)Nc1ncc(Br)cn1. The van der Waals surface area contributed by atoms with Crippen LogP contribution in [0.3, 0.4) is 0 Å². The largest absolute Gasteiger partial charge is 0.478 e. The molecule has 0 spiro atoms. The van der Waals surface area contributed by atoms with E-state index in [1.54, 1.807) is 0 Å². The van der Waals surface area contributed by atoms with E-state index in [4.69, 9.17) is 5.11 Å². The lowest BCUT2D eigenvalue weighted by Gasteiger charge is -2.05. The average Bonchev–Trinajstić information content (AvgIpc) is 2.48. The number of pyridine rings is 1. The van der Waals surface area contributed by atoms with Crippen LogP contribution in [0.1, 0.15) is 10.4 Å². The summed E-state index contributed by atoms with van der Waals surface area (Å²) in [6.45, 7) is 0. The standard InChI is InChI=1S/C12H9BrN4O3S/c13-7-4-15-12(16-5-7)17-9(18)6-21-10-8(11(19)20)2-1-3-14-10/h1-5H,6H2,(H,19,20)(H,15,16,17,18). The van der Waals surface area contributed by atoms with Crippen LogP contribution in [0.2, 0.25) is 0 Å². The molecule has 0 fully saturated rings. The topological polar surface area (TPSA) is 105 Å². The number of halogens is 1. The lowest BCUT2D eigenvalue weighted by Crippen LogP contribution is -2.16. The predicted molar refractivity (Wildman–Crippen MR) is 80.3 cm³/mol. The first-order chi connectivity index (χ1) is 10.1. The molecular weight excluding hydrogens is 360 g/mol. The monoisotopic (exact) mass is 368 g/mol. The molecule has 0 saturated heterocycles. The smallest absolute Gasteiger partial charge is 0.338 e. The van der Waals surface area contributed by atoms with Crippen LogP contribution in [0, 0.1) is 0 Å². The van der Waals surface area contributed by atoms with Gasteiger partial charge in [0.2, 0.25) is 11.9 Å². The molecule has 2 aromatic heterocycles. The van der Waals surface area contributed by atoms with Gasteiger partial charge in [0.05, 0.1) is 15.8 Å². The van der Waals surface area contributed by atoms with Crippen molar-refractivity contribution in [1.29, 1.82) is 0 Å². The fourth-order valence-corrected chi connectivity index (χ4v) is 2.33. The van der Waals surface area contributed by atoms with Gasteiger partial charge in [0.15, 0.2) is 0 Å². The van der Waals surface area contributed by atoms with Gasteiger partial charge in [-0.25, -0.2) is 19.7 Å². The number of aromatic nitrogens is 3. The number of carbonyl (C=O) groups is 2. The molecule has 0 radical (unpaired) electrons. The van der Waals surface area contributed by atoms with Crippen molar-refractivity contribution >= 4 is 45.5 Å². The minimum atomic E-state index is -1.08. The molecule has 0 aliphatic carbocycles. The van der Waals surface area contributed by atoms with Gasteiger partial charge in [-0.3, -0.25) is 10.1 Å². The number of amides is 1. The van der Waals surface area contributed by atoms with E-state index in [2.05, 4.69) is 36.2 Å². The van der Waals surface area contributed by atoms with E-state index in [1.807, 2.05) is 0 Å². The predicted octanol–water partition coefficient (Wildman–Crippen LogP) is 2.06. The van der Waals surface area contributed by atoms with Crippen molar-refractivity contribution in [3.8, 4) is 0 Å². The molecule has 108 valence electrons. The second-order valence-corrected chi connectivity index (χ2v) is 5.60. The third-order valence-corrected chi connectivity index (χ3v) is 3.63. The summed E-state index contributed by atoms with van der Waals surface area (Å²) >= 11 is 4.23. The second-order valence-electron chi connectivity index (χ2n) is 3.72. The van der Waals surface area contributed by atoms with Crippen LogP contribution >= 0.6 is 27.7 Å². The van der Waals surface area contributed by atoms with E-state index in [9.17, 15) is 9.59 Å². The van der Waals surface area contributed by atoms with E-state index in [0.29, 0.717) is 4.47 Å². The number of hydrogen-bond acceptors (Lipinski definition) is 6. The molecular formula is C12H9BrN4O3S. The first kappa shape index (κ1) is 15.4. The molecule has 2 rings (SSSR count). The number of nitrogens with zero attached hydrogens (tertiary/aromatic N) is 3. The molecule has 9 heteroatoms. The molecule has 1 amide bonds. The third-order valence-electron chi connectivity index (χ3n) is 2.21. The Balaban J connectivity index is 1.95. The van der Waals surface area contributed by atoms with Crippen molar-refractivity contribution < 1.29 is 14.7 Å². The fraction of sp³-hybridized carbons (Fsp3) is 0.0833. The van der Waals surface area contributed by atoms with Crippen LogP contribution in [-0.4, -0.2) is 37.7 Å². The minimum absolute atomic E-state index is 0.0106. The molecule has 7 nitrogen and oxygen atoms in total. The number of hydrogen-bond donors (Lipinski definition) is 2. The molecule has 21 heavy (non-hydrogen) atoms. The number of thioether (sulfide) groups is 1. The summed E-state index contributed by atoms with van der Waals surface area (Å²) in [6.07, 6.45) is 4.50. The van der Waals surface area contributed by atoms with Crippen molar-refractivity contribution in [3.63, 3.8) is 0 Å². The molecule has 2 N–H and O–H groups in total. The van der Waals surface area contributed by atoms with Gasteiger partial charge in [0.25, 0.3) is 0 Å². The van der Waals surface area contributed by atoms with Gasteiger partial charge in [0.1, 0.15) is 5.03 Å². The quantitative estimate of drug-likeness (QED) is 0.778. The Bertz CT molecular complexity index is 666. The number of carboxylic acids is 1. The molecule has 0 saturated carbocycles. The second kappa shape index (κ2) is 7.14. The Labute approximate surface area is 132 Å². The first-order valence-electron chi connectivity index (χ1n) is 5.65. The number of aromatic carboxylic acids is 1. The average molecular weight is 369 g/mol. The number of nitrogens with one attached hydrogen (secondary N) is 1. The molecule has 0 unspecified atom stereocenters. The summed E-state index contributed by atoms with van der Waals surface area (Å²) in [5.74, 6) is -1.23. The van der Waals surface area contributed by atoms with Gasteiger partial charge in [-0.05, 0) is 28.1 Å². The number of carboxylic acid groups (broad SMARTS) is 1. The van der Waals surface area contributed by atoms with E-state index in [0.717, 1.165) is 11.8 Å². The van der Waals surface area contributed by atoms with Crippen molar-refractivity contribution in [2.24, 2.45) is 0 Å². The summed E-state index contributed by atoms with van der Waals surface area (Å²) in [7, 11) is 0. The zero-order chi connectivity index (χ0) is 15.2. The van der Waals surface area contributed by atoms with Crippen molar-refractivity contribution in [2.45, 2.75) is 5.03 Å². The number of rotatable bonds is 5.